The van der Waals surface area contributed by atoms with Crippen molar-refractivity contribution in [3.05, 3.63) is 18.0 Å². The molecule has 1 saturated carbocycles. The van der Waals surface area contributed by atoms with Gasteiger partial charge in [-0.1, -0.05) is 0 Å². The summed E-state index contributed by atoms with van der Waals surface area (Å²) in [5, 5.41) is 9.34. The van der Waals surface area contributed by atoms with Gasteiger partial charge in [0, 0.05) is 12.4 Å². The van der Waals surface area contributed by atoms with Crippen molar-refractivity contribution in [1.29, 1.82) is 0 Å². The smallest absolute Gasteiger partial charge is 0.316 e. The molecule has 0 atom stereocenters. The molecule has 0 amide bonds. The molecule has 15 heavy (non-hydrogen) atoms. The Morgan fingerprint density at radius 2 is 1.80 bits per heavy atom. The molecule has 0 bridgehead atoms. The second-order valence-corrected chi connectivity index (χ2v) is 4.09. The molecule has 0 radical (unpaired) electrons. The third-order valence-electron chi connectivity index (χ3n) is 2.67. The Labute approximate surface area is 89.3 Å². The first-order chi connectivity index (χ1) is 7.24. The Morgan fingerprint density at radius 1 is 1.20 bits per heavy atom. The Balaban J connectivity index is 1.89. The second kappa shape index (κ2) is 4.57. The number of ether oxygens (including phenoxy) is 1. The molecule has 1 aliphatic carbocycles. The highest BCUT2D eigenvalue weighted by molar-refractivity contribution is 5.04. The monoisotopic (exact) mass is 208 g/mol. The number of nitrogens with zero attached hydrogens (tertiary/aromatic N) is 2. The normalized spacial score (nSPS) is 26.3. The van der Waals surface area contributed by atoms with Crippen molar-refractivity contribution in [3.8, 4) is 6.01 Å². The average molecular weight is 208 g/mol. The highest BCUT2D eigenvalue weighted by atomic mass is 16.5. The first-order valence-corrected chi connectivity index (χ1v) is 5.37. The van der Waals surface area contributed by atoms with Crippen LogP contribution in [0.4, 0.5) is 0 Å². The number of hydrogen-bond donors (Lipinski definition) is 1. The van der Waals surface area contributed by atoms with E-state index >= 15 is 0 Å². The van der Waals surface area contributed by atoms with Gasteiger partial charge >= 0.3 is 6.01 Å². The topological polar surface area (TPSA) is 55.2 Å². The number of aliphatic hydroxyl groups is 1. The van der Waals surface area contributed by atoms with Crippen molar-refractivity contribution in [2.24, 2.45) is 0 Å². The molecule has 1 aliphatic rings. The van der Waals surface area contributed by atoms with Gasteiger partial charge in [0.1, 0.15) is 6.10 Å². The first kappa shape index (κ1) is 10.4. The fourth-order valence-electron chi connectivity index (χ4n) is 1.75. The van der Waals surface area contributed by atoms with Crippen LogP contribution in [-0.4, -0.2) is 27.3 Å². The molecule has 82 valence electrons. The van der Waals surface area contributed by atoms with Crippen LogP contribution in [-0.2, 0) is 0 Å². The third kappa shape index (κ3) is 2.89. The van der Waals surface area contributed by atoms with Crippen LogP contribution >= 0.6 is 0 Å². The molecule has 0 unspecified atom stereocenters. The van der Waals surface area contributed by atoms with Crippen LogP contribution < -0.4 is 4.74 Å². The van der Waals surface area contributed by atoms with Crippen molar-refractivity contribution in [2.75, 3.05) is 0 Å². The maximum atomic E-state index is 9.34. The summed E-state index contributed by atoms with van der Waals surface area (Å²) in [5.41, 5.74) is 1.03. The zero-order valence-corrected chi connectivity index (χ0v) is 8.89. The summed E-state index contributed by atoms with van der Waals surface area (Å²) in [6.45, 7) is 1.95. The summed E-state index contributed by atoms with van der Waals surface area (Å²) >= 11 is 0. The van der Waals surface area contributed by atoms with Crippen LogP contribution in [0.2, 0.25) is 0 Å². The van der Waals surface area contributed by atoms with Crippen molar-refractivity contribution < 1.29 is 9.84 Å². The van der Waals surface area contributed by atoms with Gasteiger partial charge in [-0.3, -0.25) is 0 Å². The molecule has 4 nitrogen and oxygen atoms in total. The van der Waals surface area contributed by atoms with E-state index in [0.29, 0.717) is 6.01 Å². The maximum Gasteiger partial charge on any atom is 0.316 e. The molecule has 0 aromatic carbocycles. The van der Waals surface area contributed by atoms with Crippen LogP contribution in [0, 0.1) is 6.92 Å². The Hall–Kier alpha value is -1.16. The first-order valence-electron chi connectivity index (χ1n) is 5.37. The van der Waals surface area contributed by atoms with Crippen LogP contribution in [0.3, 0.4) is 0 Å². The average Bonchev–Trinajstić information content (AvgIpc) is 2.25. The number of rotatable bonds is 2. The minimum absolute atomic E-state index is 0.149. The van der Waals surface area contributed by atoms with E-state index in [1.54, 1.807) is 12.4 Å². The molecule has 4 heteroatoms. The van der Waals surface area contributed by atoms with Crippen LogP contribution in [0.5, 0.6) is 6.01 Å². The number of aromatic nitrogens is 2. The lowest BCUT2D eigenvalue weighted by Gasteiger charge is -2.25. The molecule has 0 spiro atoms. The summed E-state index contributed by atoms with van der Waals surface area (Å²) in [4.78, 5) is 8.19. The van der Waals surface area contributed by atoms with Gasteiger partial charge in [0.25, 0.3) is 0 Å². The van der Waals surface area contributed by atoms with E-state index in [-0.39, 0.29) is 12.2 Å². The highest BCUT2D eigenvalue weighted by Crippen LogP contribution is 2.21. The van der Waals surface area contributed by atoms with Crippen molar-refractivity contribution >= 4 is 0 Å². The lowest BCUT2D eigenvalue weighted by molar-refractivity contribution is 0.0618. The molecular formula is C11H16N2O2. The Kier molecular flexibility index (Phi) is 3.16. The van der Waals surface area contributed by atoms with E-state index in [0.717, 1.165) is 31.2 Å². The van der Waals surface area contributed by atoms with Gasteiger partial charge in [-0.15, -0.1) is 0 Å². The van der Waals surface area contributed by atoms with Crippen LogP contribution in [0.25, 0.3) is 0 Å². The predicted molar refractivity (Wildman–Crippen MR) is 55.7 cm³/mol. The number of hydrogen-bond acceptors (Lipinski definition) is 4. The number of aryl methyl sites for hydroxylation is 1. The molecule has 1 heterocycles. The molecule has 1 aromatic rings. The van der Waals surface area contributed by atoms with E-state index in [1.165, 1.54) is 0 Å². The van der Waals surface area contributed by atoms with E-state index in [1.807, 2.05) is 6.92 Å². The molecule has 2 rings (SSSR count). The third-order valence-corrected chi connectivity index (χ3v) is 2.67. The molecule has 0 saturated heterocycles. The second-order valence-electron chi connectivity index (χ2n) is 4.09. The van der Waals surface area contributed by atoms with Gasteiger partial charge in [0.05, 0.1) is 6.10 Å². The summed E-state index contributed by atoms with van der Waals surface area (Å²) in [7, 11) is 0. The maximum absolute atomic E-state index is 9.34. The summed E-state index contributed by atoms with van der Waals surface area (Å²) < 4.78 is 5.63. The minimum atomic E-state index is -0.149. The minimum Gasteiger partial charge on any atom is -0.460 e. The van der Waals surface area contributed by atoms with Gasteiger partial charge < -0.3 is 9.84 Å². The van der Waals surface area contributed by atoms with Gasteiger partial charge in [0.15, 0.2) is 0 Å². The largest absolute Gasteiger partial charge is 0.460 e. The summed E-state index contributed by atoms with van der Waals surface area (Å²) in [5.74, 6) is 0. The molecule has 1 fully saturated rings. The molecule has 1 aromatic heterocycles. The fourth-order valence-corrected chi connectivity index (χ4v) is 1.75. The van der Waals surface area contributed by atoms with E-state index in [4.69, 9.17) is 4.74 Å². The van der Waals surface area contributed by atoms with Gasteiger partial charge in [-0.2, -0.15) is 0 Å². The van der Waals surface area contributed by atoms with Crippen molar-refractivity contribution in [2.45, 2.75) is 44.8 Å². The van der Waals surface area contributed by atoms with Crippen LogP contribution in [0.15, 0.2) is 12.4 Å². The van der Waals surface area contributed by atoms with Gasteiger partial charge in [-0.25, -0.2) is 9.97 Å². The fraction of sp³-hybridized carbons (Fsp3) is 0.636. The molecule has 0 aliphatic heterocycles. The Morgan fingerprint density at radius 3 is 2.40 bits per heavy atom. The summed E-state index contributed by atoms with van der Waals surface area (Å²) in [6, 6.07) is 0.446. The van der Waals surface area contributed by atoms with E-state index in [9.17, 15) is 5.11 Å². The SMILES string of the molecule is Cc1cnc(OC2CCC(O)CC2)nc1. The number of aliphatic hydroxyl groups excluding tert-OH is 1. The lowest BCUT2D eigenvalue weighted by atomic mass is 9.95. The van der Waals surface area contributed by atoms with Gasteiger partial charge in [-0.05, 0) is 38.2 Å². The summed E-state index contributed by atoms with van der Waals surface area (Å²) in [6.07, 6.45) is 6.92. The zero-order valence-electron chi connectivity index (χ0n) is 8.89. The van der Waals surface area contributed by atoms with Gasteiger partial charge in [0.2, 0.25) is 0 Å². The Bertz CT molecular complexity index is 305. The van der Waals surface area contributed by atoms with Crippen molar-refractivity contribution in [3.63, 3.8) is 0 Å². The van der Waals surface area contributed by atoms with Crippen molar-refractivity contribution in [1.82, 2.24) is 9.97 Å². The zero-order chi connectivity index (χ0) is 10.7. The van der Waals surface area contributed by atoms with E-state index in [2.05, 4.69) is 9.97 Å². The van der Waals surface area contributed by atoms with E-state index < -0.39 is 0 Å². The predicted octanol–water partition coefficient (Wildman–Crippen LogP) is 1.47. The highest BCUT2D eigenvalue weighted by Gasteiger charge is 2.21. The molecule has 1 N–H and O–H groups in total. The lowest BCUT2D eigenvalue weighted by Crippen LogP contribution is -2.27. The quantitative estimate of drug-likeness (QED) is 0.799. The molecular weight excluding hydrogens is 192 g/mol. The standard InChI is InChI=1S/C11H16N2O2/c1-8-6-12-11(13-7-8)15-10-4-2-9(14)3-5-10/h6-7,9-10,14H,2-5H2,1H3. The van der Waals surface area contributed by atoms with Crippen LogP contribution in [0.1, 0.15) is 31.2 Å².